The molecule has 98 valence electrons. The summed E-state index contributed by atoms with van der Waals surface area (Å²) in [6.45, 7) is 3.94. The number of nitrogens with zero attached hydrogens (tertiary/aromatic N) is 2. The summed E-state index contributed by atoms with van der Waals surface area (Å²) in [5.41, 5.74) is 2.43. The van der Waals surface area contributed by atoms with E-state index >= 15 is 0 Å². The number of aryl methyl sites for hydroxylation is 1. The first kappa shape index (κ1) is 13.5. The highest BCUT2D eigenvalue weighted by atomic mass is 35.5. The molecule has 0 saturated carbocycles. The Morgan fingerprint density at radius 2 is 1.95 bits per heavy atom. The third kappa shape index (κ3) is 3.51. The van der Waals surface area contributed by atoms with Crippen molar-refractivity contribution >= 4 is 17.5 Å². The average Bonchev–Trinajstić information content (AvgIpc) is 2.39. The fraction of sp³-hybridized carbons (Fsp3) is 0.214. The number of rotatable bonds is 3. The fourth-order valence-electron chi connectivity index (χ4n) is 1.66. The minimum absolute atomic E-state index is 0.103. The van der Waals surface area contributed by atoms with Gasteiger partial charge in [-0.15, -0.1) is 0 Å². The molecule has 5 heteroatoms. The Morgan fingerprint density at radius 1 is 1.26 bits per heavy atom. The summed E-state index contributed by atoms with van der Waals surface area (Å²) >= 11 is 5.71. The fourth-order valence-corrected chi connectivity index (χ4v) is 1.81. The van der Waals surface area contributed by atoms with E-state index in [4.69, 9.17) is 11.6 Å². The summed E-state index contributed by atoms with van der Waals surface area (Å²) in [7, 11) is 0. The largest absolute Gasteiger partial charge is 0.344 e. The molecule has 0 bridgehead atoms. The Bertz CT molecular complexity index is 583. The number of carbonyl (C=O) groups excluding carboxylic acids is 1. The van der Waals surface area contributed by atoms with Crippen LogP contribution in [0.25, 0.3) is 0 Å². The molecule has 4 nitrogen and oxygen atoms in total. The van der Waals surface area contributed by atoms with Gasteiger partial charge >= 0.3 is 0 Å². The topological polar surface area (TPSA) is 54.9 Å². The number of benzene rings is 1. The highest BCUT2D eigenvalue weighted by Crippen LogP contribution is 2.13. The molecule has 1 atom stereocenters. The molecule has 0 aliphatic rings. The van der Waals surface area contributed by atoms with E-state index in [9.17, 15) is 4.79 Å². The van der Waals surface area contributed by atoms with Crippen LogP contribution in [-0.4, -0.2) is 15.9 Å². The summed E-state index contributed by atoms with van der Waals surface area (Å²) < 4.78 is 0. The standard InChI is InChI=1S/C14H14ClN3O/c1-9-3-5-11(6-4-9)10(2)17-14(19)12-7-16-8-13(15)18-12/h3-8,10H,1-2H3,(H,17,19). The van der Waals surface area contributed by atoms with Gasteiger partial charge in [0.15, 0.2) is 0 Å². The summed E-state index contributed by atoms with van der Waals surface area (Å²) in [6, 6.07) is 7.90. The molecule has 1 unspecified atom stereocenters. The summed E-state index contributed by atoms with van der Waals surface area (Å²) in [5, 5.41) is 3.06. The molecule has 0 saturated heterocycles. The highest BCUT2D eigenvalue weighted by Gasteiger charge is 2.13. The maximum atomic E-state index is 12.0. The molecule has 1 aromatic carbocycles. The van der Waals surface area contributed by atoms with Crippen molar-refractivity contribution < 1.29 is 4.79 Å². The Balaban J connectivity index is 2.08. The third-order valence-corrected chi connectivity index (χ3v) is 2.94. The molecule has 1 heterocycles. The molecule has 0 radical (unpaired) electrons. The monoisotopic (exact) mass is 275 g/mol. The van der Waals surface area contributed by atoms with Gasteiger partial charge in [-0.3, -0.25) is 9.78 Å². The van der Waals surface area contributed by atoms with Crippen LogP contribution < -0.4 is 5.32 Å². The Kier molecular flexibility index (Phi) is 4.12. The number of hydrogen-bond donors (Lipinski definition) is 1. The van der Waals surface area contributed by atoms with Gasteiger partial charge in [0.2, 0.25) is 0 Å². The molecule has 0 fully saturated rings. The Labute approximate surface area is 116 Å². The van der Waals surface area contributed by atoms with E-state index in [2.05, 4.69) is 15.3 Å². The zero-order valence-electron chi connectivity index (χ0n) is 10.7. The smallest absolute Gasteiger partial charge is 0.272 e. The van der Waals surface area contributed by atoms with E-state index in [1.54, 1.807) is 0 Å². The molecule has 1 N–H and O–H groups in total. The molecule has 0 aliphatic heterocycles. The normalized spacial score (nSPS) is 11.9. The quantitative estimate of drug-likeness (QED) is 0.937. The van der Waals surface area contributed by atoms with Crippen LogP contribution in [0.5, 0.6) is 0 Å². The first-order valence-corrected chi connectivity index (χ1v) is 6.29. The van der Waals surface area contributed by atoms with E-state index in [0.717, 1.165) is 5.56 Å². The van der Waals surface area contributed by atoms with E-state index in [1.807, 2.05) is 38.1 Å². The van der Waals surface area contributed by atoms with Gasteiger partial charge in [0.1, 0.15) is 10.8 Å². The lowest BCUT2D eigenvalue weighted by Gasteiger charge is -2.14. The molecule has 2 aromatic rings. The molecule has 1 amide bonds. The van der Waals surface area contributed by atoms with Crippen molar-refractivity contribution in [3.05, 3.63) is 58.6 Å². The molecular formula is C14H14ClN3O. The molecule has 19 heavy (non-hydrogen) atoms. The van der Waals surface area contributed by atoms with Crippen molar-refractivity contribution in [3.63, 3.8) is 0 Å². The van der Waals surface area contributed by atoms with Gasteiger partial charge in [-0.1, -0.05) is 41.4 Å². The number of carbonyl (C=O) groups is 1. The predicted molar refractivity (Wildman–Crippen MR) is 74.1 cm³/mol. The van der Waals surface area contributed by atoms with E-state index < -0.39 is 0 Å². The maximum absolute atomic E-state index is 12.0. The van der Waals surface area contributed by atoms with E-state index in [-0.39, 0.29) is 22.8 Å². The molecular weight excluding hydrogens is 262 g/mol. The maximum Gasteiger partial charge on any atom is 0.272 e. The summed E-state index contributed by atoms with van der Waals surface area (Å²) in [6.07, 6.45) is 2.78. The van der Waals surface area contributed by atoms with Crippen molar-refractivity contribution in [2.75, 3.05) is 0 Å². The molecule has 1 aromatic heterocycles. The van der Waals surface area contributed by atoms with Crippen molar-refractivity contribution in [2.24, 2.45) is 0 Å². The van der Waals surface area contributed by atoms with Crippen LogP contribution in [0, 0.1) is 6.92 Å². The average molecular weight is 276 g/mol. The van der Waals surface area contributed by atoms with Crippen LogP contribution in [0.1, 0.15) is 34.6 Å². The van der Waals surface area contributed by atoms with Crippen molar-refractivity contribution in [2.45, 2.75) is 19.9 Å². The highest BCUT2D eigenvalue weighted by molar-refractivity contribution is 6.29. The zero-order chi connectivity index (χ0) is 13.8. The van der Waals surface area contributed by atoms with Gasteiger partial charge in [0, 0.05) is 0 Å². The van der Waals surface area contributed by atoms with Gasteiger partial charge in [0.25, 0.3) is 5.91 Å². The van der Waals surface area contributed by atoms with Crippen LogP contribution >= 0.6 is 11.6 Å². The van der Waals surface area contributed by atoms with Crippen LogP contribution in [0.2, 0.25) is 5.15 Å². The van der Waals surface area contributed by atoms with Crippen LogP contribution in [0.4, 0.5) is 0 Å². The van der Waals surface area contributed by atoms with Gasteiger partial charge in [-0.2, -0.15) is 0 Å². The second-order valence-corrected chi connectivity index (χ2v) is 4.72. The van der Waals surface area contributed by atoms with E-state index in [0.29, 0.717) is 0 Å². The van der Waals surface area contributed by atoms with Gasteiger partial charge in [-0.25, -0.2) is 4.98 Å². The number of halogens is 1. The number of nitrogens with one attached hydrogen (secondary N) is 1. The second kappa shape index (κ2) is 5.80. The molecule has 0 spiro atoms. The van der Waals surface area contributed by atoms with Crippen molar-refractivity contribution in [1.82, 2.24) is 15.3 Å². The summed E-state index contributed by atoms with van der Waals surface area (Å²) in [4.78, 5) is 19.7. The van der Waals surface area contributed by atoms with Crippen molar-refractivity contribution in [1.29, 1.82) is 0 Å². The van der Waals surface area contributed by atoms with Gasteiger partial charge in [0.05, 0.1) is 18.4 Å². The van der Waals surface area contributed by atoms with Crippen molar-refractivity contribution in [3.8, 4) is 0 Å². The van der Waals surface area contributed by atoms with Gasteiger partial charge in [-0.05, 0) is 19.4 Å². The second-order valence-electron chi connectivity index (χ2n) is 4.33. The van der Waals surface area contributed by atoms with Crippen LogP contribution in [0.15, 0.2) is 36.7 Å². The summed E-state index contributed by atoms with van der Waals surface area (Å²) in [5.74, 6) is -0.289. The van der Waals surface area contributed by atoms with E-state index in [1.165, 1.54) is 18.0 Å². The first-order chi connectivity index (χ1) is 9.06. The zero-order valence-corrected chi connectivity index (χ0v) is 11.5. The Hall–Kier alpha value is -1.94. The molecule has 0 aliphatic carbocycles. The van der Waals surface area contributed by atoms with Crippen LogP contribution in [0.3, 0.4) is 0 Å². The number of hydrogen-bond acceptors (Lipinski definition) is 3. The predicted octanol–water partition coefficient (Wildman–Crippen LogP) is 2.93. The van der Waals surface area contributed by atoms with Crippen LogP contribution in [-0.2, 0) is 0 Å². The minimum atomic E-state index is -0.289. The van der Waals surface area contributed by atoms with Gasteiger partial charge < -0.3 is 5.32 Å². The third-order valence-electron chi connectivity index (χ3n) is 2.76. The lowest BCUT2D eigenvalue weighted by atomic mass is 10.1. The lowest BCUT2D eigenvalue weighted by molar-refractivity contribution is 0.0934. The first-order valence-electron chi connectivity index (χ1n) is 5.91. The molecule has 2 rings (SSSR count). The lowest BCUT2D eigenvalue weighted by Crippen LogP contribution is -2.27. The number of amides is 1. The SMILES string of the molecule is Cc1ccc(C(C)NC(=O)c2cncc(Cl)n2)cc1. The number of aromatic nitrogens is 2. The minimum Gasteiger partial charge on any atom is -0.344 e. The Morgan fingerprint density at radius 3 is 2.58 bits per heavy atom.